The van der Waals surface area contributed by atoms with Crippen LogP contribution in [-0.4, -0.2) is 265 Å². The lowest BCUT2D eigenvalue weighted by Crippen LogP contribution is -2.47. The molecule has 0 amide bonds. The molecule has 11 heterocycles. The predicted molar refractivity (Wildman–Crippen MR) is 429 cm³/mol. The van der Waals surface area contributed by atoms with E-state index >= 15 is 0 Å². The highest BCUT2D eigenvalue weighted by molar-refractivity contribution is 8.20. The van der Waals surface area contributed by atoms with Crippen LogP contribution in [0.3, 0.4) is 0 Å². The standard InChI is InChI=1S/C13H18N5O6PS.C13H18N5O6P.C13H31N2OP.C12H17N5O5.C6H15N.CH3Cl2OP.CH4O.CH4.Cl3P/c1-13(19)8-6(4-22-25(26,21-3)24-8)23-11(13)18-5-15-7-9(18)16-12(14)17-10(7)20-2;1-13(19)8-6(4-22-25(21-3)24-8)23-11(13)18-5-15-7-9(18)16-12(14)17-10(7)20-2;1-10(2)14(11(3)4)17(16-9)15(12(5)6)13(7)8;1-12(20)7(19)5(3-18)22-10(12)17-4-14-6-8(17)15-11(13)16-9(6)21-2;1-5(2)7-6(3)4;1-4-5(2)3;1-2;;1-4(2)3/h5-6,8,11,19H,4H2,1-3H3,(H2,14,16,17);5-6,8,11,19H,4H2,1-3H3,(H2,14,16,17);10-13H,1-9H3;4-5,7,10,18-20H,3H2,1-2H3,(H2,13,15,16);5-7H,1-4H3;1H3;2H,1H3;1H4;/t2*6-,8-,11-,13-,25?;;5-,7-,10-,12-;;;;;/m11.1...../s1. The molecule has 14 atom stereocenters. The molecule has 6 aromatic rings. The second-order valence-electron chi connectivity index (χ2n) is 25.9. The van der Waals surface area contributed by atoms with Crippen molar-refractivity contribution in [3.8, 4) is 17.6 Å². The van der Waals surface area contributed by atoms with Gasteiger partial charge in [0.15, 0.2) is 66.6 Å². The van der Waals surface area contributed by atoms with E-state index in [9.17, 15) is 25.5 Å². The van der Waals surface area contributed by atoms with Gasteiger partial charge in [0.05, 0.1) is 60.1 Å². The van der Waals surface area contributed by atoms with E-state index in [4.69, 9.17) is 150 Å². The summed E-state index contributed by atoms with van der Waals surface area (Å²) < 4.78 is 85.4. The molecular formula is C60H110Cl5N18O20P5S. The molecule has 11 rings (SSSR count). The van der Waals surface area contributed by atoms with Crippen molar-refractivity contribution >= 4 is 156 Å². The molecule has 626 valence electrons. The largest absolute Gasteiger partial charge is 0.479 e. The molecule has 5 saturated heterocycles. The van der Waals surface area contributed by atoms with E-state index in [1.165, 1.54) is 73.1 Å². The number of aliphatic hydroxyl groups excluding tert-OH is 3. The van der Waals surface area contributed by atoms with Gasteiger partial charge >= 0.3 is 15.3 Å². The Morgan fingerprint density at radius 1 is 0.606 bits per heavy atom. The number of hydrogen-bond acceptors (Lipinski definition) is 36. The summed E-state index contributed by atoms with van der Waals surface area (Å²) in [7, 11) is 9.36. The highest BCUT2D eigenvalue weighted by atomic mass is 36.0. The van der Waals surface area contributed by atoms with Crippen LogP contribution in [0.25, 0.3) is 33.5 Å². The highest BCUT2D eigenvalue weighted by Crippen LogP contribution is 2.59. The maximum atomic E-state index is 11.2. The van der Waals surface area contributed by atoms with Gasteiger partial charge in [0, 0.05) is 71.8 Å². The van der Waals surface area contributed by atoms with Crippen molar-refractivity contribution in [1.82, 2.24) is 73.2 Å². The number of nitrogens with two attached hydrogens (primary N) is 3. The van der Waals surface area contributed by atoms with Crippen LogP contribution in [0.1, 0.15) is 130 Å². The van der Waals surface area contributed by atoms with Crippen molar-refractivity contribution in [3.63, 3.8) is 0 Å². The lowest BCUT2D eigenvalue weighted by molar-refractivity contribution is -0.0950. The molecule has 5 fully saturated rings. The number of nitrogen functional groups attached to an aromatic ring is 3. The third kappa shape index (κ3) is 25.7. The van der Waals surface area contributed by atoms with Crippen LogP contribution in [0, 0.1) is 0 Å². The molecule has 38 nitrogen and oxygen atoms in total. The van der Waals surface area contributed by atoms with Gasteiger partial charge in [-0.15, -0.1) is 0 Å². The number of rotatable bonds is 19. The number of fused-ring (bicyclic) bond motifs is 5. The minimum absolute atomic E-state index is 0. The first-order chi connectivity index (χ1) is 50.5. The Labute approximate surface area is 670 Å². The van der Waals surface area contributed by atoms with Crippen LogP contribution in [0.2, 0.25) is 0 Å². The Kier molecular flexibility index (Phi) is 41.8. The van der Waals surface area contributed by atoms with E-state index in [2.05, 4.69) is 147 Å². The van der Waals surface area contributed by atoms with Crippen molar-refractivity contribution in [1.29, 1.82) is 0 Å². The lowest BCUT2D eigenvalue weighted by atomic mass is 9.96. The molecule has 0 aliphatic carbocycles. The van der Waals surface area contributed by atoms with Gasteiger partial charge in [-0.2, -0.15) is 29.9 Å². The summed E-state index contributed by atoms with van der Waals surface area (Å²) in [5.74, 6) is -0.509. The maximum Gasteiger partial charge on any atom is 0.332 e. The van der Waals surface area contributed by atoms with Crippen LogP contribution in [-0.2, 0) is 62.2 Å². The quantitative estimate of drug-likeness (QED) is 0.0337. The third-order valence-electron chi connectivity index (χ3n) is 16.0. The smallest absolute Gasteiger partial charge is 0.332 e. The average molecular weight is 1770 g/mol. The average Bonchev–Trinajstić information content (AvgIpc) is 1.60. The number of anilines is 3. The minimum Gasteiger partial charge on any atom is -0.479 e. The van der Waals surface area contributed by atoms with E-state index in [0.29, 0.717) is 69.7 Å². The predicted octanol–water partition coefficient (Wildman–Crippen LogP) is 10.1. The van der Waals surface area contributed by atoms with Gasteiger partial charge in [-0.3, -0.25) is 18.2 Å². The van der Waals surface area contributed by atoms with E-state index < -0.39 is 115 Å². The number of nitrogens with one attached hydrogen (secondary N) is 1. The van der Waals surface area contributed by atoms with Gasteiger partial charge in [-0.25, -0.2) is 24.3 Å². The normalized spacial score (nSPS) is 26.9. The molecule has 0 aromatic carbocycles. The molecule has 6 aromatic heterocycles. The molecule has 13 N–H and O–H groups in total. The highest BCUT2D eigenvalue weighted by Gasteiger charge is 2.60. The molecule has 5 aliphatic heterocycles. The molecule has 2 unspecified atom stereocenters. The Morgan fingerprint density at radius 3 is 1.24 bits per heavy atom. The fraction of sp³-hybridized carbons (Fsp3) is 0.750. The monoisotopic (exact) mass is 1760 g/mol. The first-order valence-corrected chi connectivity index (χ1v) is 45.2. The number of hydrogen-bond donors (Lipinski definition) is 10. The van der Waals surface area contributed by atoms with E-state index in [1.807, 2.05) is 7.11 Å². The Morgan fingerprint density at radius 2 is 0.954 bits per heavy atom. The number of aromatic nitrogens is 12. The fourth-order valence-corrected chi connectivity index (χ4v) is 16.8. The van der Waals surface area contributed by atoms with Crippen LogP contribution in [0.15, 0.2) is 19.0 Å². The molecule has 0 bridgehead atoms. The SMILES string of the molecule is C.CC(C)NC(C)C.CO.COP(Cl)Cl.COP(N(C(C)C)C(C)C)N(C(C)C)C(C)C.COc1nc(N)nc2c1ncn2[C@@H]1O[C@@H]2COP(=S)(OC)O[C@H]2[C@@]1(C)O.COc1nc(N)nc2c1ncn2[C@@H]1O[C@@H]2COP(OC)O[C@H]2[C@@]1(C)O.COc1nc(N)nc2c1ncn2[C@@H]1O[C@H](CO)[C@@H](O)[C@@]1(C)O.ClP(Cl)Cl. The van der Waals surface area contributed by atoms with Crippen molar-refractivity contribution in [3.05, 3.63) is 19.0 Å². The minimum atomic E-state index is -2.91. The van der Waals surface area contributed by atoms with E-state index in [0.717, 1.165) is 7.11 Å². The number of imidazole rings is 3. The Bertz CT molecular complexity index is 3720. The number of ether oxygens (including phenoxy) is 6. The van der Waals surface area contributed by atoms with Crippen molar-refractivity contribution in [2.75, 3.05) is 93.9 Å². The lowest BCUT2D eigenvalue weighted by Gasteiger charge is -2.45. The summed E-state index contributed by atoms with van der Waals surface area (Å²) in [5.41, 5.74) is 14.9. The summed E-state index contributed by atoms with van der Waals surface area (Å²) in [6.45, 7) is 27.1. The van der Waals surface area contributed by atoms with Gasteiger partial charge in [0.2, 0.25) is 42.3 Å². The van der Waals surface area contributed by atoms with Crippen molar-refractivity contribution in [2.24, 2.45) is 0 Å². The third-order valence-corrected chi connectivity index (χ3v) is 23.5. The first-order valence-electron chi connectivity index (χ1n) is 33.2. The molecule has 109 heavy (non-hydrogen) atoms. The Hall–Kier alpha value is -2.53. The van der Waals surface area contributed by atoms with Gasteiger partial charge < -0.3 is 113 Å². The van der Waals surface area contributed by atoms with Crippen LogP contribution in [0.5, 0.6) is 17.6 Å². The zero-order valence-corrected chi connectivity index (χ0v) is 73.5. The van der Waals surface area contributed by atoms with E-state index in [-0.39, 0.29) is 56.1 Å². The molecule has 49 heteroatoms. The van der Waals surface area contributed by atoms with Crippen molar-refractivity contribution < 1.29 is 95.3 Å². The van der Waals surface area contributed by atoms with Crippen LogP contribution in [0.4, 0.5) is 17.8 Å². The van der Waals surface area contributed by atoms with Crippen molar-refractivity contribution in [2.45, 2.75) is 220 Å². The molecule has 5 aliphatic rings. The second-order valence-corrected chi connectivity index (χ2v) is 40.2. The molecule has 0 radical (unpaired) electrons. The zero-order valence-electron chi connectivity index (χ0n) is 64.4. The summed E-state index contributed by atoms with van der Waals surface area (Å²) in [4.78, 5) is 37.1. The summed E-state index contributed by atoms with van der Waals surface area (Å²) in [6, 6.07) is 3.25. The van der Waals surface area contributed by atoms with E-state index in [1.54, 1.807) is 23.0 Å². The molecular weight excluding hydrogens is 1660 g/mol. The number of halogens is 5. The summed E-state index contributed by atoms with van der Waals surface area (Å²) in [5, 5.41) is 62.4. The molecule has 0 spiro atoms. The number of aliphatic hydroxyl groups is 6. The summed E-state index contributed by atoms with van der Waals surface area (Å²) in [6.07, 6.45) is -2.81. The number of methoxy groups -OCH3 is 3. The zero-order chi connectivity index (χ0) is 82.0. The molecule has 0 saturated carbocycles. The van der Waals surface area contributed by atoms with Gasteiger partial charge in [0.25, 0.3) is 0 Å². The van der Waals surface area contributed by atoms with Gasteiger partial charge in [-0.05, 0) is 110 Å². The maximum absolute atomic E-state index is 11.2. The fourth-order valence-electron chi connectivity index (χ4n) is 11.9. The second kappa shape index (κ2) is 45.3. The Balaban J connectivity index is 0.000000352. The van der Waals surface area contributed by atoms with Crippen LogP contribution >= 0.6 is 92.8 Å². The summed E-state index contributed by atoms with van der Waals surface area (Å²) >= 11 is 30.0. The van der Waals surface area contributed by atoms with Gasteiger partial charge in [-0.1, -0.05) is 68.8 Å². The van der Waals surface area contributed by atoms with Gasteiger partial charge in [0.1, 0.15) is 53.4 Å². The first kappa shape index (κ1) is 101. The topological polar surface area (TPSA) is 478 Å². The van der Waals surface area contributed by atoms with Crippen LogP contribution < -0.4 is 36.7 Å². The number of nitrogens with zero attached hydrogens (tertiary/aromatic N) is 14.